The van der Waals surface area contributed by atoms with Gasteiger partial charge in [-0.2, -0.15) is 0 Å². The molecule has 0 saturated carbocycles. The van der Waals surface area contributed by atoms with E-state index in [9.17, 15) is 13.2 Å². The van der Waals surface area contributed by atoms with Crippen LogP contribution in [0.5, 0.6) is 5.75 Å². The van der Waals surface area contributed by atoms with Crippen molar-refractivity contribution in [1.29, 1.82) is 0 Å². The van der Waals surface area contributed by atoms with Crippen LogP contribution in [0, 0.1) is 0 Å². The lowest BCUT2D eigenvalue weighted by atomic mass is 10.1. The van der Waals surface area contributed by atoms with Gasteiger partial charge in [0.05, 0.1) is 4.90 Å². The molecule has 8 heteroatoms. The van der Waals surface area contributed by atoms with Crippen molar-refractivity contribution in [2.45, 2.75) is 30.8 Å². The number of rotatable bonds is 6. The Morgan fingerprint density at radius 2 is 1.57 bits per heavy atom. The molecule has 150 valence electrons. The smallest absolute Gasteiger partial charge is 0.261 e. The number of piperidine rings is 1. The second kappa shape index (κ2) is 8.62. The molecule has 0 aromatic heterocycles. The topological polar surface area (TPSA) is 87.7 Å². The van der Waals surface area contributed by atoms with Gasteiger partial charge in [0, 0.05) is 31.4 Å². The lowest BCUT2D eigenvalue weighted by molar-refractivity contribution is -0.114. The number of amides is 1. The van der Waals surface area contributed by atoms with Crippen molar-refractivity contribution in [3.8, 4) is 5.75 Å². The van der Waals surface area contributed by atoms with E-state index in [4.69, 9.17) is 4.74 Å². The van der Waals surface area contributed by atoms with Gasteiger partial charge < -0.3 is 15.0 Å². The Bertz CT molecular complexity index is 903. The van der Waals surface area contributed by atoms with Crippen molar-refractivity contribution in [3.63, 3.8) is 0 Å². The molecule has 0 aliphatic carbocycles. The molecule has 0 unspecified atom stereocenters. The quantitative estimate of drug-likeness (QED) is 0.774. The van der Waals surface area contributed by atoms with Crippen LogP contribution < -0.4 is 14.8 Å². The largest absolute Gasteiger partial charge is 0.490 e. The van der Waals surface area contributed by atoms with Gasteiger partial charge in [0.15, 0.2) is 0 Å². The third-order valence-corrected chi connectivity index (χ3v) is 5.96. The third kappa shape index (κ3) is 5.46. The summed E-state index contributed by atoms with van der Waals surface area (Å²) in [4.78, 5) is 13.4. The van der Waals surface area contributed by atoms with Crippen LogP contribution in [0.3, 0.4) is 0 Å². The van der Waals surface area contributed by atoms with Crippen LogP contribution in [-0.4, -0.2) is 45.5 Å². The SMILES string of the molecule is CC(=O)Nc1ccc(S(=O)(=O)Nc2ccc(OC3CCN(C)CC3)cc2)cc1. The monoisotopic (exact) mass is 403 g/mol. The molecule has 1 fully saturated rings. The maximum absolute atomic E-state index is 12.5. The third-order valence-electron chi connectivity index (χ3n) is 4.56. The van der Waals surface area contributed by atoms with Gasteiger partial charge in [0.2, 0.25) is 5.91 Å². The second-order valence-corrected chi connectivity index (χ2v) is 8.64. The highest BCUT2D eigenvalue weighted by Gasteiger charge is 2.18. The summed E-state index contributed by atoms with van der Waals surface area (Å²) in [5, 5.41) is 2.60. The van der Waals surface area contributed by atoms with Gasteiger partial charge in [-0.1, -0.05) is 0 Å². The average Bonchev–Trinajstić information content (AvgIpc) is 2.65. The van der Waals surface area contributed by atoms with Crippen LogP contribution >= 0.6 is 0 Å². The van der Waals surface area contributed by atoms with Gasteiger partial charge in [-0.3, -0.25) is 9.52 Å². The second-order valence-electron chi connectivity index (χ2n) is 6.96. The molecule has 0 spiro atoms. The van der Waals surface area contributed by atoms with E-state index in [1.165, 1.54) is 19.1 Å². The van der Waals surface area contributed by atoms with E-state index in [0.717, 1.165) is 31.7 Å². The molecule has 2 aromatic carbocycles. The first-order valence-corrected chi connectivity index (χ1v) is 10.7. The predicted octanol–water partition coefficient (Wildman–Crippen LogP) is 2.92. The molecule has 7 nitrogen and oxygen atoms in total. The molecule has 0 radical (unpaired) electrons. The van der Waals surface area contributed by atoms with Crippen molar-refractivity contribution in [2.24, 2.45) is 0 Å². The average molecular weight is 404 g/mol. The van der Waals surface area contributed by atoms with Gasteiger partial charge >= 0.3 is 0 Å². The molecule has 1 amide bonds. The van der Waals surface area contributed by atoms with E-state index >= 15 is 0 Å². The summed E-state index contributed by atoms with van der Waals surface area (Å²) in [7, 11) is -1.61. The van der Waals surface area contributed by atoms with Gasteiger partial charge in [-0.25, -0.2) is 8.42 Å². The number of sulfonamides is 1. The highest BCUT2D eigenvalue weighted by molar-refractivity contribution is 7.92. The minimum atomic E-state index is -3.71. The summed E-state index contributed by atoms with van der Waals surface area (Å²) in [5.41, 5.74) is 1.00. The van der Waals surface area contributed by atoms with Crippen LogP contribution in [0.1, 0.15) is 19.8 Å². The fourth-order valence-electron chi connectivity index (χ4n) is 3.03. The zero-order valence-electron chi connectivity index (χ0n) is 16.0. The van der Waals surface area contributed by atoms with Crippen molar-refractivity contribution in [2.75, 3.05) is 30.2 Å². The first kappa shape index (κ1) is 20.2. The Morgan fingerprint density at radius 1 is 1.00 bits per heavy atom. The van der Waals surface area contributed by atoms with Gasteiger partial charge in [0.1, 0.15) is 11.9 Å². The zero-order valence-corrected chi connectivity index (χ0v) is 16.8. The van der Waals surface area contributed by atoms with E-state index in [2.05, 4.69) is 22.0 Å². The fourth-order valence-corrected chi connectivity index (χ4v) is 4.09. The summed E-state index contributed by atoms with van der Waals surface area (Å²) in [6.07, 6.45) is 2.17. The van der Waals surface area contributed by atoms with Crippen molar-refractivity contribution in [3.05, 3.63) is 48.5 Å². The highest BCUT2D eigenvalue weighted by Crippen LogP contribution is 2.23. The van der Waals surface area contributed by atoms with Gasteiger partial charge in [-0.15, -0.1) is 0 Å². The Labute approximate surface area is 165 Å². The number of carbonyl (C=O) groups is 1. The Kier molecular flexibility index (Phi) is 6.21. The molecule has 0 atom stereocenters. The summed E-state index contributed by atoms with van der Waals surface area (Å²) in [6.45, 7) is 3.43. The molecule has 1 saturated heterocycles. The lowest BCUT2D eigenvalue weighted by Crippen LogP contribution is -2.35. The van der Waals surface area contributed by atoms with E-state index in [1.807, 2.05) is 0 Å². The molecule has 1 aliphatic rings. The molecule has 2 N–H and O–H groups in total. The summed E-state index contributed by atoms with van der Waals surface area (Å²) in [5.74, 6) is 0.522. The first-order chi connectivity index (χ1) is 13.3. The van der Waals surface area contributed by atoms with Crippen molar-refractivity contribution < 1.29 is 17.9 Å². The Balaban J connectivity index is 1.61. The molecule has 0 bridgehead atoms. The summed E-state index contributed by atoms with van der Waals surface area (Å²) in [6, 6.07) is 12.9. The number of nitrogens with zero attached hydrogens (tertiary/aromatic N) is 1. The van der Waals surface area contributed by atoms with Gasteiger partial charge in [0.25, 0.3) is 10.0 Å². The number of hydrogen-bond acceptors (Lipinski definition) is 5. The Morgan fingerprint density at radius 3 is 2.14 bits per heavy atom. The maximum atomic E-state index is 12.5. The summed E-state index contributed by atoms with van der Waals surface area (Å²) < 4.78 is 33.6. The normalized spacial score (nSPS) is 15.8. The van der Waals surface area contributed by atoms with E-state index in [0.29, 0.717) is 11.4 Å². The molecular formula is C20H25N3O4S. The first-order valence-electron chi connectivity index (χ1n) is 9.17. The molecule has 1 heterocycles. The molecule has 1 aliphatic heterocycles. The summed E-state index contributed by atoms with van der Waals surface area (Å²) >= 11 is 0. The minimum Gasteiger partial charge on any atom is -0.490 e. The number of nitrogens with one attached hydrogen (secondary N) is 2. The fraction of sp³-hybridized carbons (Fsp3) is 0.350. The minimum absolute atomic E-state index is 0.119. The van der Waals surface area contributed by atoms with Crippen molar-refractivity contribution >= 4 is 27.3 Å². The molecule has 2 aromatic rings. The van der Waals surface area contributed by atoms with Crippen LogP contribution in [0.25, 0.3) is 0 Å². The van der Waals surface area contributed by atoms with Crippen molar-refractivity contribution in [1.82, 2.24) is 4.90 Å². The Hall–Kier alpha value is -2.58. The van der Waals surface area contributed by atoms with Crippen LogP contribution in [0.15, 0.2) is 53.4 Å². The molecular weight excluding hydrogens is 378 g/mol. The molecule has 28 heavy (non-hydrogen) atoms. The highest BCUT2D eigenvalue weighted by atomic mass is 32.2. The standard InChI is InChI=1S/C20H25N3O4S/c1-15(24)21-16-5-9-20(10-6-16)28(25,26)22-17-3-7-18(8-4-17)27-19-11-13-23(2)14-12-19/h3-10,19,22H,11-14H2,1-2H3,(H,21,24). The lowest BCUT2D eigenvalue weighted by Gasteiger charge is -2.29. The molecule has 3 rings (SSSR count). The number of ether oxygens (including phenoxy) is 1. The number of likely N-dealkylation sites (tertiary alicyclic amines) is 1. The van der Waals surface area contributed by atoms with Crippen LogP contribution in [0.2, 0.25) is 0 Å². The van der Waals surface area contributed by atoms with Crippen LogP contribution in [-0.2, 0) is 14.8 Å². The predicted molar refractivity (Wildman–Crippen MR) is 109 cm³/mol. The van der Waals surface area contributed by atoms with E-state index in [1.54, 1.807) is 36.4 Å². The number of anilines is 2. The van der Waals surface area contributed by atoms with E-state index < -0.39 is 10.0 Å². The maximum Gasteiger partial charge on any atom is 0.261 e. The van der Waals surface area contributed by atoms with Gasteiger partial charge in [-0.05, 0) is 68.4 Å². The zero-order chi connectivity index (χ0) is 20.1. The number of hydrogen-bond donors (Lipinski definition) is 2. The van der Waals surface area contributed by atoms with E-state index in [-0.39, 0.29) is 16.9 Å². The number of carbonyl (C=O) groups excluding carboxylic acids is 1. The number of benzene rings is 2. The van der Waals surface area contributed by atoms with Crippen LogP contribution in [0.4, 0.5) is 11.4 Å².